The van der Waals surface area contributed by atoms with Crippen molar-refractivity contribution < 1.29 is 4.39 Å². The monoisotopic (exact) mass is 245 g/mol. The molecule has 4 heteroatoms. The van der Waals surface area contributed by atoms with Gasteiger partial charge in [-0.15, -0.1) is 0 Å². The molecule has 0 unspecified atom stereocenters. The van der Waals surface area contributed by atoms with Gasteiger partial charge in [0.05, 0.1) is 0 Å². The van der Waals surface area contributed by atoms with E-state index in [2.05, 4.69) is 4.98 Å². The molecule has 2 rings (SSSR count). The standard InChI is InChI=1S/C14H16FN3/c1-18(13-6-4-12(15)5-7-13)14-11(8-9-16)3-2-10-17-14/h2-7,10H,8-9,16H2,1H3. The van der Waals surface area contributed by atoms with E-state index in [4.69, 9.17) is 5.73 Å². The van der Waals surface area contributed by atoms with Gasteiger partial charge in [0.1, 0.15) is 11.6 Å². The zero-order chi connectivity index (χ0) is 13.0. The van der Waals surface area contributed by atoms with Crippen molar-refractivity contribution in [2.24, 2.45) is 5.73 Å². The highest BCUT2D eigenvalue weighted by molar-refractivity contribution is 5.61. The number of benzene rings is 1. The molecule has 1 heterocycles. The molecule has 18 heavy (non-hydrogen) atoms. The van der Waals surface area contributed by atoms with Gasteiger partial charge < -0.3 is 10.6 Å². The number of hydrogen-bond donors (Lipinski definition) is 1. The predicted octanol–water partition coefficient (Wildman–Crippen LogP) is 2.49. The molecule has 2 aromatic rings. The van der Waals surface area contributed by atoms with Crippen molar-refractivity contribution in [3.05, 3.63) is 54.0 Å². The number of anilines is 2. The SMILES string of the molecule is CN(c1ccc(F)cc1)c1ncccc1CCN. The van der Waals surface area contributed by atoms with Crippen molar-refractivity contribution in [1.29, 1.82) is 0 Å². The van der Waals surface area contributed by atoms with Crippen LogP contribution in [-0.4, -0.2) is 18.6 Å². The third-order valence-electron chi connectivity index (χ3n) is 2.81. The van der Waals surface area contributed by atoms with Crippen molar-refractivity contribution in [3.8, 4) is 0 Å². The Morgan fingerprint density at radius 3 is 2.61 bits per heavy atom. The highest BCUT2D eigenvalue weighted by Gasteiger charge is 2.09. The lowest BCUT2D eigenvalue weighted by Gasteiger charge is -2.21. The molecule has 0 aliphatic heterocycles. The van der Waals surface area contributed by atoms with Crippen molar-refractivity contribution in [3.63, 3.8) is 0 Å². The van der Waals surface area contributed by atoms with Crippen molar-refractivity contribution in [2.45, 2.75) is 6.42 Å². The molecule has 1 aromatic carbocycles. The van der Waals surface area contributed by atoms with E-state index in [-0.39, 0.29) is 5.82 Å². The highest BCUT2D eigenvalue weighted by Crippen LogP contribution is 2.24. The third kappa shape index (κ3) is 2.65. The maximum atomic E-state index is 12.9. The zero-order valence-corrected chi connectivity index (χ0v) is 10.3. The Labute approximate surface area is 106 Å². The van der Waals surface area contributed by atoms with E-state index in [1.54, 1.807) is 18.3 Å². The van der Waals surface area contributed by atoms with Crippen molar-refractivity contribution in [2.75, 3.05) is 18.5 Å². The predicted molar refractivity (Wildman–Crippen MR) is 71.5 cm³/mol. The number of rotatable bonds is 4. The molecule has 3 nitrogen and oxygen atoms in total. The smallest absolute Gasteiger partial charge is 0.135 e. The highest BCUT2D eigenvalue weighted by atomic mass is 19.1. The molecular formula is C14H16FN3. The number of pyridine rings is 1. The van der Waals surface area contributed by atoms with Crippen LogP contribution in [0.15, 0.2) is 42.6 Å². The summed E-state index contributed by atoms with van der Waals surface area (Å²) < 4.78 is 12.9. The number of aromatic nitrogens is 1. The van der Waals surface area contributed by atoms with E-state index in [9.17, 15) is 4.39 Å². The number of nitrogens with two attached hydrogens (primary N) is 1. The quantitative estimate of drug-likeness (QED) is 0.899. The largest absolute Gasteiger partial charge is 0.330 e. The van der Waals surface area contributed by atoms with Gasteiger partial charge in [-0.1, -0.05) is 6.07 Å². The first-order chi connectivity index (χ1) is 8.72. The lowest BCUT2D eigenvalue weighted by Crippen LogP contribution is -2.15. The number of nitrogens with zero attached hydrogens (tertiary/aromatic N) is 2. The Kier molecular flexibility index (Phi) is 3.89. The Hall–Kier alpha value is -1.94. The molecule has 1 aromatic heterocycles. The minimum absolute atomic E-state index is 0.240. The Balaban J connectivity index is 2.33. The van der Waals surface area contributed by atoms with Gasteiger partial charge in [-0.2, -0.15) is 0 Å². The first-order valence-corrected chi connectivity index (χ1v) is 5.85. The van der Waals surface area contributed by atoms with Crippen LogP contribution in [0.25, 0.3) is 0 Å². The summed E-state index contributed by atoms with van der Waals surface area (Å²) in [6, 6.07) is 10.3. The van der Waals surface area contributed by atoms with Gasteiger partial charge >= 0.3 is 0 Å². The van der Waals surface area contributed by atoms with Crippen LogP contribution in [0, 0.1) is 5.82 Å². The van der Waals surface area contributed by atoms with E-state index < -0.39 is 0 Å². The second kappa shape index (κ2) is 5.60. The van der Waals surface area contributed by atoms with E-state index >= 15 is 0 Å². The van der Waals surface area contributed by atoms with E-state index in [0.29, 0.717) is 6.54 Å². The molecule has 0 amide bonds. The fourth-order valence-corrected chi connectivity index (χ4v) is 1.87. The molecule has 0 bridgehead atoms. The van der Waals surface area contributed by atoms with Crippen molar-refractivity contribution >= 4 is 11.5 Å². The van der Waals surface area contributed by atoms with Crippen LogP contribution in [0.3, 0.4) is 0 Å². The summed E-state index contributed by atoms with van der Waals surface area (Å²) in [5, 5.41) is 0. The van der Waals surface area contributed by atoms with Gasteiger partial charge in [-0.3, -0.25) is 0 Å². The van der Waals surface area contributed by atoms with Crippen molar-refractivity contribution in [1.82, 2.24) is 4.98 Å². The first kappa shape index (κ1) is 12.5. The molecule has 0 saturated heterocycles. The molecule has 0 atom stereocenters. The second-order valence-corrected chi connectivity index (χ2v) is 4.06. The normalized spacial score (nSPS) is 10.4. The molecule has 0 spiro atoms. The van der Waals surface area contributed by atoms with Gasteiger partial charge in [-0.25, -0.2) is 9.37 Å². The van der Waals surface area contributed by atoms with Crippen LogP contribution in [0.4, 0.5) is 15.9 Å². The van der Waals surface area contributed by atoms with Crippen LogP contribution in [-0.2, 0) is 6.42 Å². The van der Waals surface area contributed by atoms with Gasteiger partial charge in [0.25, 0.3) is 0 Å². The molecule has 2 N–H and O–H groups in total. The molecular weight excluding hydrogens is 229 g/mol. The number of hydrogen-bond acceptors (Lipinski definition) is 3. The van der Waals surface area contributed by atoms with E-state index in [1.807, 2.05) is 24.1 Å². The second-order valence-electron chi connectivity index (χ2n) is 4.06. The van der Waals surface area contributed by atoms with Gasteiger partial charge in [0.2, 0.25) is 0 Å². The average molecular weight is 245 g/mol. The van der Waals surface area contributed by atoms with Crippen LogP contribution in [0.2, 0.25) is 0 Å². The first-order valence-electron chi connectivity index (χ1n) is 5.85. The Morgan fingerprint density at radius 2 is 1.94 bits per heavy atom. The van der Waals surface area contributed by atoms with Gasteiger partial charge in [0, 0.05) is 18.9 Å². The summed E-state index contributed by atoms with van der Waals surface area (Å²) in [5.74, 6) is 0.616. The molecule has 0 saturated carbocycles. The Morgan fingerprint density at radius 1 is 1.22 bits per heavy atom. The molecule has 94 valence electrons. The Bertz CT molecular complexity index is 511. The minimum Gasteiger partial charge on any atom is -0.330 e. The van der Waals surface area contributed by atoms with E-state index in [0.717, 1.165) is 23.5 Å². The number of halogens is 1. The fourth-order valence-electron chi connectivity index (χ4n) is 1.87. The van der Waals surface area contributed by atoms with Crippen LogP contribution < -0.4 is 10.6 Å². The molecule has 0 aliphatic rings. The topological polar surface area (TPSA) is 42.2 Å². The summed E-state index contributed by atoms with van der Waals surface area (Å²) in [6.07, 6.45) is 2.52. The van der Waals surface area contributed by atoms with Gasteiger partial charge in [-0.05, 0) is 48.9 Å². The summed E-state index contributed by atoms with van der Waals surface area (Å²) in [5.41, 5.74) is 7.58. The summed E-state index contributed by atoms with van der Waals surface area (Å²) >= 11 is 0. The van der Waals surface area contributed by atoms with Crippen LogP contribution in [0.5, 0.6) is 0 Å². The fraction of sp³-hybridized carbons (Fsp3) is 0.214. The average Bonchev–Trinajstić information content (AvgIpc) is 2.40. The molecule has 0 radical (unpaired) electrons. The molecule has 0 fully saturated rings. The zero-order valence-electron chi connectivity index (χ0n) is 10.3. The van der Waals surface area contributed by atoms with Crippen LogP contribution in [0.1, 0.15) is 5.56 Å². The maximum Gasteiger partial charge on any atom is 0.135 e. The maximum absolute atomic E-state index is 12.9. The third-order valence-corrected chi connectivity index (χ3v) is 2.81. The van der Waals surface area contributed by atoms with Crippen LogP contribution >= 0.6 is 0 Å². The summed E-state index contributed by atoms with van der Waals surface area (Å²) in [4.78, 5) is 6.31. The summed E-state index contributed by atoms with van der Waals surface area (Å²) in [7, 11) is 1.91. The van der Waals surface area contributed by atoms with Gasteiger partial charge in [0.15, 0.2) is 0 Å². The lowest BCUT2D eigenvalue weighted by molar-refractivity contribution is 0.628. The summed E-state index contributed by atoms with van der Waals surface area (Å²) in [6.45, 7) is 0.579. The lowest BCUT2D eigenvalue weighted by atomic mass is 10.1. The van der Waals surface area contributed by atoms with E-state index in [1.165, 1.54) is 12.1 Å². The minimum atomic E-state index is -0.240. The molecule has 0 aliphatic carbocycles.